The Kier molecular flexibility index (Phi) is 7.13. The molecule has 0 aliphatic heterocycles. The molecule has 0 heteroatoms. The first-order valence-corrected chi connectivity index (χ1v) is 9.02. The maximum absolute atomic E-state index is 3.93. The highest BCUT2D eigenvalue weighted by molar-refractivity contribution is 5.68. The van der Waals surface area contributed by atoms with Crippen molar-refractivity contribution >= 4 is 5.57 Å². The van der Waals surface area contributed by atoms with Crippen molar-refractivity contribution in [1.29, 1.82) is 0 Å². The molecule has 3 rings (SSSR count). The van der Waals surface area contributed by atoms with Gasteiger partial charge in [-0.05, 0) is 29.5 Å². The molecule has 0 N–H and O–H groups in total. The fourth-order valence-electron chi connectivity index (χ4n) is 3.29. The molecule has 0 unspecified atom stereocenters. The normalized spacial score (nSPS) is 14.2. The fourth-order valence-corrected chi connectivity index (χ4v) is 3.29. The Balaban J connectivity index is 0.000000203. The van der Waals surface area contributed by atoms with E-state index in [1.807, 2.05) is 13.0 Å². The third-order valence-corrected chi connectivity index (χ3v) is 4.66. The molecule has 0 heterocycles. The second kappa shape index (κ2) is 9.35. The molecule has 2 aromatic carbocycles. The highest BCUT2D eigenvalue weighted by Gasteiger charge is 2.12. The van der Waals surface area contributed by atoms with E-state index in [2.05, 4.69) is 62.0 Å². The van der Waals surface area contributed by atoms with Crippen LogP contribution in [0.3, 0.4) is 0 Å². The lowest BCUT2D eigenvalue weighted by Gasteiger charge is -2.03. The lowest BCUT2D eigenvalue weighted by molar-refractivity contribution is 0.496. The quantitative estimate of drug-likeness (QED) is 0.553. The standard InChI is InChI=1S/C15H14.C8H16/c1-12(2)13-8-10-15(11-9-13)14-6-4-3-5-7-14;1-2-5-8-6-3-4-7-8/h3-11H,1H2,2H3;8H,2-7H2,1H3. The maximum Gasteiger partial charge on any atom is -0.0184 e. The smallest absolute Gasteiger partial charge is 0.0184 e. The molecule has 0 spiro atoms. The fraction of sp³-hybridized carbons (Fsp3) is 0.391. The first-order chi connectivity index (χ1) is 11.2. The summed E-state index contributed by atoms with van der Waals surface area (Å²) in [6.07, 6.45) is 8.93. The van der Waals surface area contributed by atoms with Gasteiger partial charge in [0.05, 0.1) is 0 Å². The number of rotatable bonds is 4. The first kappa shape index (κ1) is 17.5. The number of hydrogen-bond acceptors (Lipinski definition) is 0. The Morgan fingerprint density at radius 2 is 1.48 bits per heavy atom. The van der Waals surface area contributed by atoms with Crippen LogP contribution in [0.2, 0.25) is 0 Å². The van der Waals surface area contributed by atoms with Crippen molar-refractivity contribution in [2.45, 2.75) is 52.4 Å². The number of allylic oxidation sites excluding steroid dienone is 1. The van der Waals surface area contributed by atoms with Crippen molar-refractivity contribution in [3.63, 3.8) is 0 Å². The molecular formula is C23H30. The molecule has 0 atom stereocenters. The molecule has 23 heavy (non-hydrogen) atoms. The van der Waals surface area contributed by atoms with Gasteiger partial charge in [-0.25, -0.2) is 0 Å². The highest BCUT2D eigenvalue weighted by atomic mass is 14.2. The second-order valence-corrected chi connectivity index (χ2v) is 6.66. The van der Waals surface area contributed by atoms with E-state index in [4.69, 9.17) is 0 Å². The number of benzene rings is 2. The monoisotopic (exact) mass is 306 g/mol. The maximum atomic E-state index is 3.93. The third kappa shape index (κ3) is 5.71. The van der Waals surface area contributed by atoms with Crippen molar-refractivity contribution in [3.8, 4) is 11.1 Å². The van der Waals surface area contributed by atoms with Crippen molar-refractivity contribution in [1.82, 2.24) is 0 Å². The molecule has 0 aromatic heterocycles. The van der Waals surface area contributed by atoms with Crippen LogP contribution in [0.4, 0.5) is 0 Å². The van der Waals surface area contributed by atoms with Crippen LogP contribution in [0.5, 0.6) is 0 Å². The van der Waals surface area contributed by atoms with E-state index >= 15 is 0 Å². The lowest BCUT2D eigenvalue weighted by atomic mass is 10.0. The first-order valence-electron chi connectivity index (χ1n) is 9.02. The Morgan fingerprint density at radius 3 is 2.00 bits per heavy atom. The van der Waals surface area contributed by atoms with E-state index in [0.717, 1.165) is 11.5 Å². The minimum Gasteiger partial charge on any atom is -0.0955 e. The molecule has 1 fully saturated rings. The van der Waals surface area contributed by atoms with Gasteiger partial charge in [0.1, 0.15) is 0 Å². The molecule has 0 nitrogen and oxygen atoms in total. The number of hydrogen-bond donors (Lipinski definition) is 0. The lowest BCUT2D eigenvalue weighted by Crippen LogP contribution is -1.89. The summed E-state index contributed by atoms with van der Waals surface area (Å²) in [5, 5.41) is 0. The minimum atomic E-state index is 1.11. The largest absolute Gasteiger partial charge is 0.0955 e. The van der Waals surface area contributed by atoms with Gasteiger partial charge in [0.15, 0.2) is 0 Å². The van der Waals surface area contributed by atoms with Crippen LogP contribution in [0.1, 0.15) is 57.9 Å². The molecule has 122 valence electrons. The van der Waals surface area contributed by atoms with Gasteiger partial charge in [0, 0.05) is 0 Å². The summed E-state index contributed by atoms with van der Waals surface area (Å²) in [5.41, 5.74) is 4.82. The van der Waals surface area contributed by atoms with E-state index in [0.29, 0.717) is 0 Å². The van der Waals surface area contributed by atoms with Gasteiger partial charge < -0.3 is 0 Å². The van der Waals surface area contributed by atoms with E-state index in [1.54, 1.807) is 0 Å². The van der Waals surface area contributed by atoms with Crippen LogP contribution in [0.25, 0.3) is 16.7 Å². The topological polar surface area (TPSA) is 0 Å². The molecule has 0 amide bonds. The molecule has 1 aliphatic carbocycles. The molecule has 0 radical (unpaired) electrons. The Morgan fingerprint density at radius 1 is 0.913 bits per heavy atom. The predicted molar refractivity (Wildman–Crippen MR) is 103 cm³/mol. The summed E-state index contributed by atoms with van der Waals surface area (Å²) < 4.78 is 0. The molecule has 0 saturated heterocycles. The summed E-state index contributed by atoms with van der Waals surface area (Å²) in [7, 11) is 0. The zero-order valence-corrected chi connectivity index (χ0v) is 14.7. The van der Waals surface area contributed by atoms with E-state index in [1.165, 1.54) is 55.2 Å². The summed E-state index contributed by atoms with van der Waals surface area (Å²) in [5.74, 6) is 1.11. The molecule has 2 aromatic rings. The summed E-state index contributed by atoms with van der Waals surface area (Å²) >= 11 is 0. The van der Waals surface area contributed by atoms with E-state index in [9.17, 15) is 0 Å². The SMILES string of the molecule is C=C(C)c1ccc(-c2ccccc2)cc1.CCCC1CCCC1. The van der Waals surface area contributed by atoms with Gasteiger partial charge in [-0.15, -0.1) is 0 Å². The zero-order chi connectivity index (χ0) is 16.5. The summed E-state index contributed by atoms with van der Waals surface area (Å²) in [6.45, 7) is 8.24. The average Bonchev–Trinajstić information content (AvgIpc) is 3.10. The Labute approximate surface area is 142 Å². The van der Waals surface area contributed by atoms with Crippen LogP contribution in [0.15, 0.2) is 61.2 Å². The van der Waals surface area contributed by atoms with Crippen LogP contribution in [-0.4, -0.2) is 0 Å². The molecule has 1 saturated carbocycles. The van der Waals surface area contributed by atoms with E-state index in [-0.39, 0.29) is 0 Å². The molecule has 1 aliphatic rings. The summed E-state index contributed by atoms with van der Waals surface area (Å²) in [4.78, 5) is 0. The Hall–Kier alpha value is -1.82. The third-order valence-electron chi connectivity index (χ3n) is 4.66. The van der Waals surface area contributed by atoms with Crippen LogP contribution >= 0.6 is 0 Å². The van der Waals surface area contributed by atoms with Crippen molar-refractivity contribution in [2.24, 2.45) is 5.92 Å². The van der Waals surface area contributed by atoms with Gasteiger partial charge in [-0.2, -0.15) is 0 Å². The van der Waals surface area contributed by atoms with Crippen molar-refractivity contribution in [3.05, 3.63) is 66.7 Å². The second-order valence-electron chi connectivity index (χ2n) is 6.66. The predicted octanol–water partition coefficient (Wildman–Crippen LogP) is 7.36. The Bertz CT molecular complexity index is 571. The van der Waals surface area contributed by atoms with E-state index < -0.39 is 0 Å². The van der Waals surface area contributed by atoms with Crippen molar-refractivity contribution < 1.29 is 0 Å². The van der Waals surface area contributed by atoms with Gasteiger partial charge >= 0.3 is 0 Å². The van der Waals surface area contributed by atoms with Gasteiger partial charge in [-0.1, -0.05) is 112 Å². The zero-order valence-electron chi connectivity index (χ0n) is 14.7. The highest BCUT2D eigenvalue weighted by Crippen LogP contribution is 2.28. The van der Waals surface area contributed by atoms with Crippen LogP contribution in [-0.2, 0) is 0 Å². The molecular weight excluding hydrogens is 276 g/mol. The minimum absolute atomic E-state index is 1.11. The van der Waals surface area contributed by atoms with Crippen molar-refractivity contribution in [2.75, 3.05) is 0 Å². The van der Waals surface area contributed by atoms with Crippen LogP contribution in [0, 0.1) is 5.92 Å². The van der Waals surface area contributed by atoms with Gasteiger partial charge in [-0.3, -0.25) is 0 Å². The van der Waals surface area contributed by atoms with Gasteiger partial charge in [0.25, 0.3) is 0 Å². The van der Waals surface area contributed by atoms with Crippen LogP contribution < -0.4 is 0 Å². The van der Waals surface area contributed by atoms with Gasteiger partial charge in [0.2, 0.25) is 0 Å². The average molecular weight is 306 g/mol. The molecule has 0 bridgehead atoms. The summed E-state index contributed by atoms with van der Waals surface area (Å²) in [6, 6.07) is 18.9.